The van der Waals surface area contributed by atoms with Gasteiger partial charge in [-0.2, -0.15) is 4.98 Å². The molecule has 1 aromatic carbocycles. The molecule has 0 spiro atoms. The van der Waals surface area contributed by atoms with Gasteiger partial charge in [-0.3, -0.25) is 4.79 Å². The summed E-state index contributed by atoms with van der Waals surface area (Å²) in [6, 6.07) is 9.47. The van der Waals surface area contributed by atoms with E-state index in [0.29, 0.717) is 22.6 Å². The topological polar surface area (TPSA) is 90.7 Å². The zero-order valence-corrected chi connectivity index (χ0v) is 15.9. The number of benzene rings is 1. The van der Waals surface area contributed by atoms with E-state index in [1.54, 1.807) is 6.92 Å². The van der Waals surface area contributed by atoms with Crippen LogP contribution in [0.3, 0.4) is 0 Å². The minimum absolute atomic E-state index is 0.0762. The Kier molecular flexibility index (Phi) is 7.86. The molecule has 0 bridgehead atoms. The zero-order chi connectivity index (χ0) is 18.1. The predicted octanol–water partition coefficient (Wildman–Crippen LogP) is 2.33. The molecule has 2 aromatic rings. The summed E-state index contributed by atoms with van der Waals surface area (Å²) in [5.41, 5.74) is 1.12. The van der Waals surface area contributed by atoms with Crippen LogP contribution in [0.25, 0.3) is 0 Å². The standard InChI is InChI=1S/C17H19IN2O5/c1-2-23-16(22)15-13(25-17(18)20-15)8-9-19-10-14(21)24-11-12-6-4-3-5-7-12/h3-7,19H,2,8-11H2,1H3. The Bertz CT molecular complexity index is 702. The van der Waals surface area contributed by atoms with Gasteiger partial charge in [-0.1, -0.05) is 30.3 Å². The van der Waals surface area contributed by atoms with Crippen LogP contribution < -0.4 is 5.32 Å². The number of esters is 2. The van der Waals surface area contributed by atoms with E-state index in [4.69, 9.17) is 13.9 Å². The first-order valence-electron chi connectivity index (χ1n) is 7.82. The quantitative estimate of drug-likeness (QED) is 0.351. The molecular weight excluding hydrogens is 439 g/mol. The molecular formula is C17H19IN2O5. The first-order valence-corrected chi connectivity index (χ1v) is 8.90. The van der Waals surface area contributed by atoms with E-state index in [1.165, 1.54) is 0 Å². The molecule has 0 unspecified atom stereocenters. The molecule has 7 nitrogen and oxygen atoms in total. The summed E-state index contributed by atoms with van der Waals surface area (Å²) in [5.74, 6) is -0.416. The molecule has 8 heteroatoms. The van der Waals surface area contributed by atoms with Crippen molar-refractivity contribution in [3.8, 4) is 0 Å². The Balaban J connectivity index is 1.72. The second-order valence-corrected chi connectivity index (χ2v) is 5.95. The van der Waals surface area contributed by atoms with Crippen molar-refractivity contribution in [2.45, 2.75) is 20.0 Å². The fraction of sp³-hybridized carbons (Fsp3) is 0.353. The second kappa shape index (κ2) is 10.1. The van der Waals surface area contributed by atoms with Crippen molar-refractivity contribution in [3.63, 3.8) is 0 Å². The van der Waals surface area contributed by atoms with Crippen LogP contribution in [0.5, 0.6) is 0 Å². The molecule has 25 heavy (non-hydrogen) atoms. The summed E-state index contributed by atoms with van der Waals surface area (Å²) in [4.78, 5) is 27.5. The van der Waals surface area contributed by atoms with E-state index in [1.807, 2.05) is 52.9 Å². The Morgan fingerprint density at radius 2 is 2.00 bits per heavy atom. The number of aromatic nitrogens is 1. The third-order valence-corrected chi connectivity index (χ3v) is 3.64. The van der Waals surface area contributed by atoms with E-state index in [0.717, 1.165) is 5.56 Å². The van der Waals surface area contributed by atoms with Crippen molar-refractivity contribution in [2.75, 3.05) is 19.7 Å². The molecule has 0 aliphatic carbocycles. The lowest BCUT2D eigenvalue weighted by molar-refractivity contribution is -0.143. The number of oxazole rings is 1. The Morgan fingerprint density at radius 1 is 1.24 bits per heavy atom. The zero-order valence-electron chi connectivity index (χ0n) is 13.8. The van der Waals surface area contributed by atoms with Gasteiger partial charge in [0.2, 0.25) is 0 Å². The van der Waals surface area contributed by atoms with Crippen molar-refractivity contribution < 1.29 is 23.5 Å². The van der Waals surface area contributed by atoms with Crippen molar-refractivity contribution in [2.24, 2.45) is 0 Å². The third kappa shape index (κ3) is 6.46. The number of carbonyl (C=O) groups excluding carboxylic acids is 2. The van der Waals surface area contributed by atoms with Gasteiger partial charge >= 0.3 is 11.9 Å². The highest BCUT2D eigenvalue weighted by Gasteiger charge is 2.20. The van der Waals surface area contributed by atoms with Crippen molar-refractivity contribution >= 4 is 34.5 Å². The second-order valence-electron chi connectivity index (χ2n) is 5.03. The molecule has 0 amide bonds. The van der Waals surface area contributed by atoms with Crippen molar-refractivity contribution in [1.29, 1.82) is 0 Å². The van der Waals surface area contributed by atoms with E-state index >= 15 is 0 Å². The number of rotatable bonds is 9. The van der Waals surface area contributed by atoms with Gasteiger partial charge in [-0.15, -0.1) is 0 Å². The number of ether oxygens (including phenoxy) is 2. The summed E-state index contributed by atoms with van der Waals surface area (Å²) >= 11 is 1.90. The summed E-state index contributed by atoms with van der Waals surface area (Å²) in [6.45, 7) is 2.76. The molecule has 0 saturated carbocycles. The average Bonchev–Trinajstić information content (AvgIpc) is 2.99. The van der Waals surface area contributed by atoms with Gasteiger partial charge in [0.1, 0.15) is 12.4 Å². The van der Waals surface area contributed by atoms with Crippen LogP contribution in [0.4, 0.5) is 0 Å². The molecule has 2 rings (SSSR count). The monoisotopic (exact) mass is 458 g/mol. The minimum atomic E-state index is -0.508. The fourth-order valence-corrected chi connectivity index (χ4v) is 2.54. The molecule has 0 radical (unpaired) electrons. The van der Waals surface area contributed by atoms with Gasteiger partial charge in [0.05, 0.1) is 13.2 Å². The summed E-state index contributed by atoms with van der Waals surface area (Å²) in [5, 5.41) is 2.96. The Morgan fingerprint density at radius 3 is 2.72 bits per heavy atom. The SMILES string of the molecule is CCOC(=O)c1nc(I)oc1CCNCC(=O)OCc1ccccc1. The third-order valence-electron chi connectivity index (χ3n) is 3.18. The molecule has 0 saturated heterocycles. The van der Waals surface area contributed by atoms with Gasteiger partial charge < -0.3 is 19.2 Å². The number of hydrogen-bond acceptors (Lipinski definition) is 7. The smallest absolute Gasteiger partial charge is 0.360 e. The van der Waals surface area contributed by atoms with E-state index in [-0.39, 0.29) is 31.4 Å². The highest BCUT2D eigenvalue weighted by molar-refractivity contribution is 14.1. The highest BCUT2D eigenvalue weighted by Crippen LogP contribution is 2.14. The van der Waals surface area contributed by atoms with Crippen molar-refractivity contribution in [3.05, 3.63) is 51.2 Å². The van der Waals surface area contributed by atoms with Crippen LogP contribution in [0.2, 0.25) is 0 Å². The molecule has 1 aromatic heterocycles. The van der Waals surface area contributed by atoms with E-state index in [2.05, 4.69) is 10.3 Å². The maximum Gasteiger partial charge on any atom is 0.360 e. The molecule has 0 fully saturated rings. The molecule has 0 aliphatic heterocycles. The predicted molar refractivity (Wildman–Crippen MR) is 98.0 cm³/mol. The van der Waals surface area contributed by atoms with Gasteiger partial charge in [-0.05, 0) is 12.5 Å². The molecule has 0 atom stereocenters. The van der Waals surface area contributed by atoms with Gasteiger partial charge in [0.25, 0.3) is 3.90 Å². The number of halogens is 1. The van der Waals surface area contributed by atoms with Gasteiger partial charge in [-0.25, -0.2) is 4.79 Å². The maximum atomic E-state index is 11.8. The first-order chi connectivity index (χ1) is 12.1. The van der Waals surface area contributed by atoms with Crippen LogP contribution in [0, 0.1) is 3.90 Å². The van der Waals surface area contributed by atoms with Crippen LogP contribution in [0.15, 0.2) is 34.7 Å². The van der Waals surface area contributed by atoms with E-state index in [9.17, 15) is 9.59 Å². The van der Waals surface area contributed by atoms with E-state index < -0.39 is 5.97 Å². The minimum Gasteiger partial charge on any atom is -0.461 e. The van der Waals surface area contributed by atoms with Gasteiger partial charge in [0, 0.05) is 35.6 Å². The molecule has 134 valence electrons. The summed E-state index contributed by atoms with van der Waals surface area (Å²) in [6.07, 6.45) is 0.413. The molecule has 1 heterocycles. The maximum absolute atomic E-state index is 11.8. The number of hydrogen-bond donors (Lipinski definition) is 1. The number of carbonyl (C=O) groups is 2. The average molecular weight is 458 g/mol. The molecule has 0 aliphatic rings. The van der Waals surface area contributed by atoms with Crippen LogP contribution in [-0.2, 0) is 27.3 Å². The number of nitrogens with zero attached hydrogens (tertiary/aromatic N) is 1. The Hall–Kier alpha value is -1.94. The lowest BCUT2D eigenvalue weighted by Gasteiger charge is -2.06. The van der Waals surface area contributed by atoms with Crippen LogP contribution in [-0.4, -0.2) is 36.6 Å². The largest absolute Gasteiger partial charge is 0.461 e. The number of nitrogens with one attached hydrogen (secondary N) is 1. The molecule has 1 N–H and O–H groups in total. The van der Waals surface area contributed by atoms with Gasteiger partial charge in [0.15, 0.2) is 5.69 Å². The fourth-order valence-electron chi connectivity index (χ4n) is 2.03. The lowest BCUT2D eigenvalue weighted by atomic mass is 10.2. The summed E-state index contributed by atoms with van der Waals surface area (Å²) < 4.78 is 15.9. The van der Waals surface area contributed by atoms with Crippen LogP contribution >= 0.6 is 22.6 Å². The van der Waals surface area contributed by atoms with Crippen LogP contribution in [0.1, 0.15) is 28.7 Å². The lowest BCUT2D eigenvalue weighted by Crippen LogP contribution is -2.26. The summed E-state index contributed by atoms with van der Waals surface area (Å²) in [7, 11) is 0. The van der Waals surface area contributed by atoms with Crippen molar-refractivity contribution in [1.82, 2.24) is 10.3 Å². The Labute approximate surface area is 159 Å². The highest BCUT2D eigenvalue weighted by atomic mass is 127. The first kappa shape index (κ1) is 19.4. The normalized spacial score (nSPS) is 10.5.